The summed E-state index contributed by atoms with van der Waals surface area (Å²) < 4.78 is 11.2. The summed E-state index contributed by atoms with van der Waals surface area (Å²) in [7, 11) is 0. The van der Waals surface area contributed by atoms with Crippen LogP contribution in [0.3, 0.4) is 0 Å². The number of imidazole rings is 1. The SMILES string of the molecule is c1nc(OCC2CNCCO2)c2[nH]cnc2n1. The molecule has 1 fully saturated rings. The number of aromatic amines is 1. The van der Waals surface area contributed by atoms with Crippen LogP contribution in [0, 0.1) is 0 Å². The summed E-state index contributed by atoms with van der Waals surface area (Å²) in [5.74, 6) is 0.515. The van der Waals surface area contributed by atoms with Crippen LogP contribution in [0.1, 0.15) is 0 Å². The van der Waals surface area contributed by atoms with Crippen LogP contribution in [-0.4, -0.2) is 52.3 Å². The second kappa shape index (κ2) is 4.64. The highest BCUT2D eigenvalue weighted by Crippen LogP contribution is 2.17. The van der Waals surface area contributed by atoms with E-state index in [4.69, 9.17) is 9.47 Å². The van der Waals surface area contributed by atoms with Gasteiger partial charge in [0, 0.05) is 13.1 Å². The minimum atomic E-state index is 0.0664. The Morgan fingerprint density at radius 1 is 1.41 bits per heavy atom. The molecule has 0 amide bonds. The van der Waals surface area contributed by atoms with E-state index in [0.29, 0.717) is 18.1 Å². The predicted octanol–water partition coefficient (Wildman–Crippen LogP) is -0.280. The Kier molecular flexibility index (Phi) is 2.85. The van der Waals surface area contributed by atoms with Gasteiger partial charge in [0.2, 0.25) is 5.88 Å². The number of morpholine rings is 1. The van der Waals surface area contributed by atoms with Crippen molar-refractivity contribution in [3.05, 3.63) is 12.7 Å². The first-order valence-electron chi connectivity index (χ1n) is 5.52. The van der Waals surface area contributed by atoms with Gasteiger partial charge in [0.1, 0.15) is 24.6 Å². The third-order valence-corrected chi connectivity index (χ3v) is 2.60. The van der Waals surface area contributed by atoms with Crippen molar-refractivity contribution in [1.82, 2.24) is 25.3 Å². The van der Waals surface area contributed by atoms with Crippen LogP contribution in [0.2, 0.25) is 0 Å². The summed E-state index contributed by atoms with van der Waals surface area (Å²) in [6, 6.07) is 0. The molecule has 7 heteroatoms. The molecule has 90 valence electrons. The summed E-state index contributed by atoms with van der Waals surface area (Å²) in [5, 5.41) is 3.25. The number of hydrogen-bond acceptors (Lipinski definition) is 6. The number of nitrogens with zero attached hydrogens (tertiary/aromatic N) is 3. The Morgan fingerprint density at radius 3 is 3.29 bits per heavy atom. The lowest BCUT2D eigenvalue weighted by Crippen LogP contribution is -2.41. The van der Waals surface area contributed by atoms with E-state index in [1.54, 1.807) is 6.33 Å². The molecule has 17 heavy (non-hydrogen) atoms. The van der Waals surface area contributed by atoms with Gasteiger partial charge < -0.3 is 19.8 Å². The quantitative estimate of drug-likeness (QED) is 0.761. The van der Waals surface area contributed by atoms with E-state index < -0.39 is 0 Å². The van der Waals surface area contributed by atoms with Crippen molar-refractivity contribution in [1.29, 1.82) is 0 Å². The zero-order chi connectivity index (χ0) is 11.5. The Morgan fingerprint density at radius 2 is 2.41 bits per heavy atom. The van der Waals surface area contributed by atoms with Crippen molar-refractivity contribution >= 4 is 11.2 Å². The second-order valence-corrected chi connectivity index (χ2v) is 3.79. The molecule has 3 heterocycles. The minimum absolute atomic E-state index is 0.0664. The number of H-pyrrole nitrogens is 1. The van der Waals surface area contributed by atoms with E-state index in [-0.39, 0.29) is 6.10 Å². The highest BCUT2D eigenvalue weighted by atomic mass is 16.5. The number of hydrogen-bond donors (Lipinski definition) is 2. The first-order chi connectivity index (χ1) is 8.43. The lowest BCUT2D eigenvalue weighted by molar-refractivity contribution is -0.000444. The van der Waals surface area contributed by atoms with Gasteiger partial charge in [-0.25, -0.2) is 9.97 Å². The van der Waals surface area contributed by atoms with Crippen LogP contribution in [0.25, 0.3) is 11.2 Å². The van der Waals surface area contributed by atoms with Gasteiger partial charge in [-0.1, -0.05) is 0 Å². The lowest BCUT2D eigenvalue weighted by atomic mass is 10.3. The van der Waals surface area contributed by atoms with E-state index in [0.717, 1.165) is 25.2 Å². The molecular weight excluding hydrogens is 222 g/mol. The van der Waals surface area contributed by atoms with Crippen molar-refractivity contribution in [2.24, 2.45) is 0 Å². The molecule has 2 aromatic rings. The zero-order valence-corrected chi connectivity index (χ0v) is 9.22. The molecule has 1 saturated heterocycles. The zero-order valence-electron chi connectivity index (χ0n) is 9.22. The summed E-state index contributed by atoms with van der Waals surface area (Å²) in [5.41, 5.74) is 1.33. The molecule has 2 N–H and O–H groups in total. The van der Waals surface area contributed by atoms with Gasteiger partial charge in [-0.2, -0.15) is 4.98 Å². The number of rotatable bonds is 3. The van der Waals surface area contributed by atoms with Crippen molar-refractivity contribution in [2.75, 3.05) is 26.3 Å². The molecule has 0 aliphatic carbocycles. The van der Waals surface area contributed by atoms with E-state index in [9.17, 15) is 0 Å². The Hall–Kier alpha value is -1.73. The van der Waals surface area contributed by atoms with Crippen molar-refractivity contribution in [2.45, 2.75) is 6.10 Å². The highest BCUT2D eigenvalue weighted by Gasteiger charge is 2.15. The largest absolute Gasteiger partial charge is 0.473 e. The van der Waals surface area contributed by atoms with E-state index in [2.05, 4.69) is 25.3 Å². The molecule has 0 bridgehead atoms. The van der Waals surface area contributed by atoms with Crippen LogP contribution in [0.15, 0.2) is 12.7 Å². The number of fused-ring (bicyclic) bond motifs is 1. The monoisotopic (exact) mass is 235 g/mol. The van der Waals surface area contributed by atoms with Gasteiger partial charge in [0.15, 0.2) is 5.65 Å². The summed E-state index contributed by atoms with van der Waals surface area (Å²) in [6.45, 7) is 2.89. The maximum atomic E-state index is 5.63. The maximum absolute atomic E-state index is 5.63. The third kappa shape index (κ3) is 2.20. The van der Waals surface area contributed by atoms with E-state index >= 15 is 0 Å². The fourth-order valence-corrected chi connectivity index (χ4v) is 1.75. The van der Waals surface area contributed by atoms with Gasteiger partial charge in [-0.15, -0.1) is 0 Å². The molecule has 2 aromatic heterocycles. The summed E-state index contributed by atoms with van der Waals surface area (Å²) in [6.07, 6.45) is 3.08. The molecule has 0 radical (unpaired) electrons. The van der Waals surface area contributed by atoms with Crippen molar-refractivity contribution < 1.29 is 9.47 Å². The number of ether oxygens (including phenoxy) is 2. The topological polar surface area (TPSA) is 85.0 Å². The van der Waals surface area contributed by atoms with E-state index in [1.807, 2.05) is 0 Å². The summed E-state index contributed by atoms with van der Waals surface area (Å²) in [4.78, 5) is 15.1. The summed E-state index contributed by atoms with van der Waals surface area (Å²) >= 11 is 0. The number of aromatic nitrogens is 4. The highest BCUT2D eigenvalue weighted by molar-refractivity contribution is 5.74. The molecule has 3 rings (SSSR count). The smallest absolute Gasteiger partial charge is 0.243 e. The molecule has 0 spiro atoms. The van der Waals surface area contributed by atoms with Crippen LogP contribution in [0.5, 0.6) is 5.88 Å². The Labute approximate surface area is 97.6 Å². The molecule has 1 aliphatic heterocycles. The Balaban J connectivity index is 1.69. The average molecular weight is 235 g/mol. The molecule has 0 saturated carbocycles. The first-order valence-corrected chi connectivity index (χ1v) is 5.52. The molecule has 1 aliphatic rings. The van der Waals surface area contributed by atoms with Crippen LogP contribution in [0.4, 0.5) is 0 Å². The molecule has 1 unspecified atom stereocenters. The third-order valence-electron chi connectivity index (χ3n) is 2.60. The van der Waals surface area contributed by atoms with Crippen molar-refractivity contribution in [3.8, 4) is 5.88 Å². The molecule has 0 aromatic carbocycles. The molecule has 7 nitrogen and oxygen atoms in total. The lowest BCUT2D eigenvalue weighted by Gasteiger charge is -2.23. The first kappa shape index (κ1) is 10.4. The van der Waals surface area contributed by atoms with E-state index in [1.165, 1.54) is 6.33 Å². The minimum Gasteiger partial charge on any atom is -0.473 e. The van der Waals surface area contributed by atoms with Crippen LogP contribution < -0.4 is 10.1 Å². The Bertz CT molecular complexity index is 494. The second-order valence-electron chi connectivity index (χ2n) is 3.79. The average Bonchev–Trinajstić information content (AvgIpc) is 2.86. The van der Waals surface area contributed by atoms with Gasteiger partial charge in [0.25, 0.3) is 0 Å². The molecular formula is C10H13N5O2. The fraction of sp³-hybridized carbons (Fsp3) is 0.500. The van der Waals surface area contributed by atoms with Crippen LogP contribution in [-0.2, 0) is 4.74 Å². The van der Waals surface area contributed by atoms with Gasteiger partial charge in [0.05, 0.1) is 12.9 Å². The normalized spacial score (nSPS) is 20.6. The fourth-order valence-electron chi connectivity index (χ4n) is 1.75. The standard InChI is InChI=1S/C10H13N5O2/c1-2-16-7(3-11-1)4-17-10-8-9(13-5-12-8)14-6-15-10/h5-7,11H,1-4H2,(H,12,13,14,15). The molecule has 1 atom stereocenters. The van der Waals surface area contributed by atoms with Gasteiger partial charge in [-0.05, 0) is 0 Å². The van der Waals surface area contributed by atoms with Crippen LogP contribution >= 0.6 is 0 Å². The number of nitrogens with one attached hydrogen (secondary N) is 2. The van der Waals surface area contributed by atoms with Gasteiger partial charge >= 0.3 is 0 Å². The predicted molar refractivity (Wildman–Crippen MR) is 59.8 cm³/mol. The maximum Gasteiger partial charge on any atom is 0.243 e. The van der Waals surface area contributed by atoms with Crippen molar-refractivity contribution in [3.63, 3.8) is 0 Å². The van der Waals surface area contributed by atoms with Gasteiger partial charge in [-0.3, -0.25) is 0 Å².